The minimum absolute atomic E-state index is 0.234. The number of benzene rings is 1. The predicted molar refractivity (Wildman–Crippen MR) is 44.9 cm³/mol. The monoisotopic (exact) mass is 251 g/mol. The second-order valence-corrected chi connectivity index (χ2v) is 3.06. The summed E-state index contributed by atoms with van der Waals surface area (Å²) < 4.78 is 64.0. The Morgan fingerprint density at radius 3 is 1.65 bits per heavy atom. The number of allylic oxidation sites excluding steroid dienone is 1. The first-order valence-electron chi connectivity index (χ1n) is 4.18. The van der Waals surface area contributed by atoms with Crippen molar-refractivity contribution in [1.29, 1.82) is 0 Å². The Kier molecular flexibility index (Phi) is 3.50. The maximum absolute atomic E-state index is 13.0. The molecule has 0 radical (unpaired) electrons. The molecule has 0 saturated heterocycles. The molecule has 17 heavy (non-hydrogen) atoms. The van der Waals surface area contributed by atoms with Gasteiger partial charge in [0.15, 0.2) is 29.1 Å². The van der Waals surface area contributed by atoms with Gasteiger partial charge in [0.1, 0.15) is 0 Å². The van der Waals surface area contributed by atoms with Gasteiger partial charge in [-0.15, -0.1) is 0 Å². The number of carbonyl (C=O) groups is 1. The minimum Gasteiger partial charge on any atom is -0.872 e. The lowest BCUT2D eigenvalue weighted by molar-refractivity contribution is -0.244. The Balaban J connectivity index is 3.61. The van der Waals surface area contributed by atoms with Crippen molar-refractivity contribution in [2.24, 2.45) is 0 Å². The van der Waals surface area contributed by atoms with Crippen LogP contribution in [0.5, 0.6) is 0 Å². The summed E-state index contributed by atoms with van der Waals surface area (Å²) in [6.07, 6.45) is 0.234. The van der Waals surface area contributed by atoms with Gasteiger partial charge in [0.2, 0.25) is 5.82 Å². The van der Waals surface area contributed by atoms with E-state index in [-0.39, 0.29) is 6.08 Å². The van der Waals surface area contributed by atoms with Crippen LogP contribution in [0, 0.1) is 29.1 Å². The van der Waals surface area contributed by atoms with Crippen LogP contribution >= 0.6 is 0 Å². The lowest BCUT2D eigenvalue weighted by atomic mass is 10.1. The summed E-state index contributed by atoms with van der Waals surface area (Å²) in [6, 6.07) is 0. The first-order valence-corrected chi connectivity index (χ1v) is 4.18. The molecular formula is C10H4F5O2-. The van der Waals surface area contributed by atoms with Crippen molar-refractivity contribution in [3.8, 4) is 0 Å². The van der Waals surface area contributed by atoms with Crippen molar-refractivity contribution < 1.29 is 31.9 Å². The SMILES string of the molecule is CC(=O)/C=C(\[O-])c1c(F)c(F)c(F)c(F)c1F. The zero-order chi connectivity index (χ0) is 13.3. The van der Waals surface area contributed by atoms with Crippen LogP contribution in [0.15, 0.2) is 6.08 Å². The van der Waals surface area contributed by atoms with Crippen LogP contribution < -0.4 is 5.11 Å². The summed E-state index contributed by atoms with van der Waals surface area (Å²) >= 11 is 0. The smallest absolute Gasteiger partial charge is 0.200 e. The molecule has 0 aliphatic rings. The van der Waals surface area contributed by atoms with Gasteiger partial charge in [-0.05, 0) is 13.0 Å². The maximum atomic E-state index is 13.0. The highest BCUT2D eigenvalue weighted by atomic mass is 19.2. The normalized spacial score (nSPS) is 11.8. The Morgan fingerprint density at radius 1 is 0.941 bits per heavy atom. The Bertz CT molecular complexity index is 493. The fraction of sp³-hybridized carbons (Fsp3) is 0.100. The van der Waals surface area contributed by atoms with Crippen molar-refractivity contribution in [3.63, 3.8) is 0 Å². The highest BCUT2D eigenvalue weighted by Crippen LogP contribution is 2.26. The van der Waals surface area contributed by atoms with Crippen LogP contribution in [0.4, 0.5) is 22.0 Å². The molecule has 0 N–H and O–H groups in total. The fourth-order valence-electron chi connectivity index (χ4n) is 1.08. The third-order valence-electron chi connectivity index (χ3n) is 1.79. The topological polar surface area (TPSA) is 40.1 Å². The van der Waals surface area contributed by atoms with Gasteiger partial charge < -0.3 is 5.11 Å². The first-order chi connectivity index (χ1) is 7.77. The van der Waals surface area contributed by atoms with E-state index in [0.717, 1.165) is 6.92 Å². The molecule has 0 amide bonds. The number of rotatable bonds is 2. The van der Waals surface area contributed by atoms with Crippen LogP contribution in [0.3, 0.4) is 0 Å². The fourth-order valence-corrected chi connectivity index (χ4v) is 1.08. The van der Waals surface area contributed by atoms with Crippen LogP contribution in [0.2, 0.25) is 0 Å². The zero-order valence-corrected chi connectivity index (χ0v) is 8.28. The number of hydrogen-bond donors (Lipinski definition) is 0. The molecule has 0 bridgehead atoms. The van der Waals surface area contributed by atoms with E-state index in [1.165, 1.54) is 0 Å². The van der Waals surface area contributed by atoms with Gasteiger partial charge in [0.25, 0.3) is 0 Å². The molecule has 0 spiro atoms. The Hall–Kier alpha value is -1.92. The van der Waals surface area contributed by atoms with Crippen molar-refractivity contribution >= 4 is 11.5 Å². The quantitative estimate of drug-likeness (QED) is 0.264. The number of carbonyl (C=O) groups excluding carboxylic acids is 1. The van der Waals surface area contributed by atoms with Gasteiger partial charge in [0.05, 0.1) is 0 Å². The molecule has 92 valence electrons. The number of ketones is 1. The van der Waals surface area contributed by atoms with Gasteiger partial charge in [0, 0.05) is 5.56 Å². The Labute approximate surface area is 92.0 Å². The molecular weight excluding hydrogens is 247 g/mol. The molecule has 2 nitrogen and oxygen atoms in total. The van der Waals surface area contributed by atoms with Crippen molar-refractivity contribution in [2.75, 3.05) is 0 Å². The molecule has 0 fully saturated rings. The summed E-state index contributed by atoms with van der Waals surface area (Å²) in [5.41, 5.74) is -1.64. The second-order valence-electron chi connectivity index (χ2n) is 3.06. The predicted octanol–water partition coefficient (Wildman–Crippen LogP) is 1.67. The average molecular weight is 251 g/mol. The summed E-state index contributed by atoms with van der Waals surface area (Å²) in [6.45, 7) is 0.893. The van der Waals surface area contributed by atoms with E-state index in [9.17, 15) is 31.9 Å². The summed E-state index contributed by atoms with van der Waals surface area (Å²) in [4.78, 5) is 10.5. The molecule has 0 heterocycles. The highest BCUT2D eigenvalue weighted by molar-refractivity contribution is 5.93. The van der Waals surface area contributed by atoms with Crippen molar-refractivity contribution in [3.05, 3.63) is 40.7 Å². The minimum atomic E-state index is -2.36. The third-order valence-corrected chi connectivity index (χ3v) is 1.79. The van der Waals surface area contributed by atoms with E-state index in [1.54, 1.807) is 0 Å². The zero-order valence-electron chi connectivity index (χ0n) is 8.28. The molecule has 0 atom stereocenters. The van der Waals surface area contributed by atoms with E-state index < -0.39 is 46.2 Å². The van der Waals surface area contributed by atoms with E-state index in [1.807, 2.05) is 0 Å². The van der Waals surface area contributed by atoms with Crippen LogP contribution in [-0.2, 0) is 4.79 Å². The molecule has 7 heteroatoms. The highest BCUT2D eigenvalue weighted by Gasteiger charge is 2.25. The first kappa shape index (κ1) is 13.1. The Morgan fingerprint density at radius 2 is 1.29 bits per heavy atom. The van der Waals surface area contributed by atoms with Crippen LogP contribution in [0.25, 0.3) is 5.76 Å². The molecule has 0 saturated carbocycles. The molecule has 1 aromatic carbocycles. The van der Waals surface area contributed by atoms with Gasteiger partial charge >= 0.3 is 0 Å². The number of hydrogen-bond acceptors (Lipinski definition) is 2. The summed E-state index contributed by atoms with van der Waals surface area (Å²) in [5.74, 6) is -13.8. The van der Waals surface area contributed by atoms with Crippen LogP contribution in [0.1, 0.15) is 12.5 Å². The van der Waals surface area contributed by atoms with Gasteiger partial charge in [-0.25, -0.2) is 22.0 Å². The van der Waals surface area contributed by atoms with Gasteiger partial charge in [-0.2, -0.15) is 0 Å². The van der Waals surface area contributed by atoms with Crippen molar-refractivity contribution in [1.82, 2.24) is 0 Å². The molecule has 1 rings (SSSR count). The molecule has 0 unspecified atom stereocenters. The maximum Gasteiger partial charge on any atom is 0.200 e. The molecule has 0 aromatic heterocycles. The average Bonchev–Trinajstić information content (AvgIpc) is 2.23. The lowest BCUT2D eigenvalue weighted by Gasteiger charge is -2.14. The van der Waals surface area contributed by atoms with E-state index >= 15 is 0 Å². The lowest BCUT2D eigenvalue weighted by Crippen LogP contribution is -2.13. The molecule has 0 aliphatic carbocycles. The molecule has 0 aliphatic heterocycles. The third kappa shape index (κ3) is 2.27. The van der Waals surface area contributed by atoms with E-state index in [4.69, 9.17) is 0 Å². The van der Waals surface area contributed by atoms with Crippen molar-refractivity contribution in [2.45, 2.75) is 6.92 Å². The largest absolute Gasteiger partial charge is 0.872 e. The van der Waals surface area contributed by atoms with E-state index in [2.05, 4.69) is 0 Å². The summed E-state index contributed by atoms with van der Waals surface area (Å²) in [7, 11) is 0. The van der Waals surface area contributed by atoms with Gasteiger partial charge in [-0.3, -0.25) is 4.79 Å². The van der Waals surface area contributed by atoms with E-state index in [0.29, 0.717) is 0 Å². The summed E-state index contributed by atoms with van der Waals surface area (Å²) in [5, 5.41) is 11.1. The second kappa shape index (κ2) is 4.52. The van der Waals surface area contributed by atoms with Crippen LogP contribution in [-0.4, -0.2) is 5.78 Å². The number of halogens is 5. The standard InChI is InChI=1S/C10H5F5O2/c1-3(16)2-4(17)5-6(11)8(13)10(15)9(14)7(5)12/h2,17H,1H3/p-1/b4-2-. The molecule has 1 aromatic rings. The van der Waals surface area contributed by atoms with Gasteiger partial charge in [-0.1, -0.05) is 5.76 Å².